The lowest BCUT2D eigenvalue weighted by atomic mass is 10.1. The maximum atomic E-state index is 13.8. The van der Waals surface area contributed by atoms with Crippen molar-refractivity contribution in [2.75, 3.05) is 36.4 Å². The second-order valence-corrected chi connectivity index (χ2v) is 10.3. The normalized spacial score (nSPS) is 17.7. The number of anilines is 2. The summed E-state index contributed by atoms with van der Waals surface area (Å²) in [5.74, 6) is -1.13. The number of nitrogens with one attached hydrogen (secondary N) is 1. The third-order valence-electron chi connectivity index (χ3n) is 5.79. The molecule has 2 saturated heterocycles. The van der Waals surface area contributed by atoms with E-state index in [1.54, 1.807) is 12.1 Å². The van der Waals surface area contributed by atoms with Crippen molar-refractivity contribution in [2.45, 2.75) is 37.0 Å². The molecule has 1 amide bonds. The van der Waals surface area contributed by atoms with E-state index in [0.717, 1.165) is 51.3 Å². The van der Waals surface area contributed by atoms with E-state index in [4.69, 9.17) is 11.6 Å². The van der Waals surface area contributed by atoms with Gasteiger partial charge in [-0.15, -0.1) is 0 Å². The number of hydrogen-bond acceptors (Lipinski definition) is 4. The molecule has 2 aromatic carbocycles. The Morgan fingerprint density at radius 3 is 2.29 bits per heavy atom. The molecule has 6 nitrogen and oxygen atoms in total. The molecular formula is C22H25ClFN3O3S. The van der Waals surface area contributed by atoms with Crippen molar-refractivity contribution in [1.82, 2.24) is 4.31 Å². The Labute approximate surface area is 187 Å². The highest BCUT2D eigenvalue weighted by Crippen LogP contribution is 2.30. The molecule has 2 heterocycles. The van der Waals surface area contributed by atoms with Crippen LogP contribution in [0.3, 0.4) is 0 Å². The molecule has 2 aromatic rings. The van der Waals surface area contributed by atoms with Gasteiger partial charge in [0.25, 0.3) is 5.91 Å². The van der Waals surface area contributed by atoms with E-state index >= 15 is 0 Å². The lowest BCUT2D eigenvalue weighted by molar-refractivity contribution is 0.102. The molecular weight excluding hydrogens is 441 g/mol. The Hall–Kier alpha value is -2.16. The first-order valence-electron chi connectivity index (χ1n) is 10.5. The van der Waals surface area contributed by atoms with Crippen molar-refractivity contribution in [3.8, 4) is 0 Å². The lowest BCUT2D eigenvalue weighted by Crippen LogP contribution is -2.35. The number of carbonyl (C=O) groups excluding carboxylic acids is 1. The van der Waals surface area contributed by atoms with Crippen molar-refractivity contribution in [3.63, 3.8) is 0 Å². The summed E-state index contributed by atoms with van der Waals surface area (Å²) in [6, 6.07) is 8.75. The van der Waals surface area contributed by atoms with Gasteiger partial charge in [0.2, 0.25) is 10.0 Å². The fraction of sp³-hybridized carbons (Fsp3) is 0.409. The zero-order valence-electron chi connectivity index (χ0n) is 17.1. The van der Waals surface area contributed by atoms with Crippen molar-refractivity contribution in [3.05, 3.63) is 52.8 Å². The fourth-order valence-electron chi connectivity index (χ4n) is 4.12. The van der Waals surface area contributed by atoms with Gasteiger partial charge >= 0.3 is 0 Å². The Kier molecular flexibility index (Phi) is 6.50. The number of halogens is 2. The van der Waals surface area contributed by atoms with Gasteiger partial charge in [-0.05, 0) is 62.1 Å². The van der Waals surface area contributed by atoms with E-state index in [0.29, 0.717) is 18.8 Å². The minimum atomic E-state index is -3.69. The van der Waals surface area contributed by atoms with Crippen LogP contribution in [0.15, 0.2) is 41.3 Å². The van der Waals surface area contributed by atoms with Crippen LogP contribution in [0.25, 0.3) is 0 Å². The zero-order chi connectivity index (χ0) is 22.0. The molecule has 0 atom stereocenters. The highest BCUT2D eigenvalue weighted by molar-refractivity contribution is 7.89. The number of piperidine rings is 1. The van der Waals surface area contributed by atoms with Crippen LogP contribution in [0.1, 0.15) is 42.5 Å². The van der Waals surface area contributed by atoms with Gasteiger partial charge in [0.15, 0.2) is 0 Å². The quantitative estimate of drug-likeness (QED) is 0.705. The van der Waals surface area contributed by atoms with Gasteiger partial charge in [-0.25, -0.2) is 12.8 Å². The monoisotopic (exact) mass is 465 g/mol. The molecule has 0 aliphatic carbocycles. The molecule has 2 fully saturated rings. The van der Waals surface area contributed by atoms with Gasteiger partial charge in [-0.1, -0.05) is 18.0 Å². The molecule has 0 radical (unpaired) electrons. The summed E-state index contributed by atoms with van der Waals surface area (Å²) in [6.45, 7) is 2.58. The van der Waals surface area contributed by atoms with Crippen LogP contribution >= 0.6 is 11.6 Å². The second-order valence-electron chi connectivity index (χ2n) is 7.92. The number of amides is 1. The number of hydrogen-bond donors (Lipinski definition) is 1. The van der Waals surface area contributed by atoms with Crippen molar-refractivity contribution in [1.29, 1.82) is 0 Å². The fourth-order valence-corrected chi connectivity index (χ4v) is 5.78. The van der Waals surface area contributed by atoms with Gasteiger partial charge in [0.1, 0.15) is 5.82 Å². The van der Waals surface area contributed by atoms with Crippen LogP contribution in [-0.4, -0.2) is 44.8 Å². The molecule has 0 saturated carbocycles. The van der Waals surface area contributed by atoms with Gasteiger partial charge in [0.05, 0.1) is 15.5 Å². The maximum absolute atomic E-state index is 13.8. The van der Waals surface area contributed by atoms with Gasteiger partial charge in [0, 0.05) is 37.6 Å². The van der Waals surface area contributed by atoms with Gasteiger partial charge in [-0.2, -0.15) is 4.31 Å². The van der Waals surface area contributed by atoms with Crippen LogP contribution in [0.5, 0.6) is 0 Å². The Balaban J connectivity index is 1.69. The third kappa shape index (κ3) is 4.71. The van der Waals surface area contributed by atoms with Gasteiger partial charge < -0.3 is 10.2 Å². The van der Waals surface area contributed by atoms with E-state index in [-0.39, 0.29) is 21.2 Å². The van der Waals surface area contributed by atoms with Crippen LogP contribution in [0.2, 0.25) is 5.02 Å². The Morgan fingerprint density at radius 2 is 1.61 bits per heavy atom. The molecule has 0 bridgehead atoms. The predicted octanol–water partition coefficient (Wildman–Crippen LogP) is 4.51. The van der Waals surface area contributed by atoms with Gasteiger partial charge in [-0.3, -0.25) is 4.79 Å². The summed E-state index contributed by atoms with van der Waals surface area (Å²) in [7, 11) is -3.69. The highest BCUT2D eigenvalue weighted by Gasteiger charge is 2.28. The summed E-state index contributed by atoms with van der Waals surface area (Å²) in [4.78, 5) is 15.3. The van der Waals surface area contributed by atoms with Crippen molar-refractivity contribution in [2.24, 2.45) is 0 Å². The minimum absolute atomic E-state index is 0.0367. The van der Waals surface area contributed by atoms with E-state index in [1.165, 1.54) is 22.5 Å². The molecule has 4 rings (SSSR count). The molecule has 1 N–H and O–H groups in total. The first-order valence-corrected chi connectivity index (χ1v) is 12.3. The standard InChI is InChI=1S/C22H25ClFN3O3S/c23-19-8-6-16(14-20(19)24)25-22(28)18-15-17(7-9-21(18)26-10-4-5-11-26)31(29,30)27-12-2-1-3-13-27/h6-9,14-15H,1-5,10-13H2,(H,25,28). The van der Waals surface area contributed by atoms with E-state index < -0.39 is 21.7 Å². The molecule has 166 valence electrons. The van der Waals surface area contributed by atoms with Crippen LogP contribution in [0, 0.1) is 5.82 Å². The lowest BCUT2D eigenvalue weighted by Gasteiger charge is -2.27. The predicted molar refractivity (Wildman–Crippen MR) is 120 cm³/mol. The number of sulfonamides is 1. The topological polar surface area (TPSA) is 69.7 Å². The van der Waals surface area contributed by atoms with E-state index in [1.807, 2.05) is 0 Å². The molecule has 2 aliphatic heterocycles. The SMILES string of the molecule is O=C(Nc1ccc(Cl)c(F)c1)c1cc(S(=O)(=O)N2CCCCC2)ccc1N1CCCC1. The maximum Gasteiger partial charge on any atom is 0.257 e. The molecule has 31 heavy (non-hydrogen) atoms. The molecule has 0 unspecified atom stereocenters. The summed E-state index contributed by atoms with van der Waals surface area (Å²) >= 11 is 5.72. The summed E-state index contributed by atoms with van der Waals surface area (Å²) in [5, 5.41) is 2.64. The average molecular weight is 466 g/mol. The summed E-state index contributed by atoms with van der Waals surface area (Å²) in [6.07, 6.45) is 4.71. The number of carbonyl (C=O) groups is 1. The molecule has 0 spiro atoms. The zero-order valence-corrected chi connectivity index (χ0v) is 18.7. The largest absolute Gasteiger partial charge is 0.371 e. The second kappa shape index (κ2) is 9.14. The molecule has 2 aliphatic rings. The highest BCUT2D eigenvalue weighted by atomic mass is 35.5. The third-order valence-corrected chi connectivity index (χ3v) is 7.99. The number of benzene rings is 2. The average Bonchev–Trinajstić information content (AvgIpc) is 3.31. The Morgan fingerprint density at radius 1 is 0.935 bits per heavy atom. The first kappa shape index (κ1) is 22.0. The van der Waals surface area contributed by atoms with Crippen LogP contribution < -0.4 is 10.2 Å². The smallest absolute Gasteiger partial charge is 0.257 e. The molecule has 9 heteroatoms. The number of rotatable bonds is 5. The van der Waals surface area contributed by atoms with Crippen molar-refractivity contribution < 1.29 is 17.6 Å². The van der Waals surface area contributed by atoms with E-state index in [9.17, 15) is 17.6 Å². The van der Waals surface area contributed by atoms with Crippen LogP contribution in [-0.2, 0) is 10.0 Å². The number of nitrogens with zero attached hydrogens (tertiary/aromatic N) is 2. The summed E-state index contributed by atoms with van der Waals surface area (Å²) in [5.41, 5.74) is 1.20. The Bertz CT molecular complexity index is 1080. The van der Waals surface area contributed by atoms with E-state index in [2.05, 4.69) is 10.2 Å². The summed E-state index contributed by atoms with van der Waals surface area (Å²) < 4.78 is 41.6. The van der Waals surface area contributed by atoms with Crippen LogP contribution in [0.4, 0.5) is 15.8 Å². The van der Waals surface area contributed by atoms with Crippen molar-refractivity contribution >= 4 is 38.9 Å². The first-order chi connectivity index (χ1) is 14.9. The molecule has 0 aromatic heterocycles. The minimum Gasteiger partial charge on any atom is -0.371 e.